The summed E-state index contributed by atoms with van der Waals surface area (Å²) in [6.07, 6.45) is 10.5. The highest BCUT2D eigenvalue weighted by Crippen LogP contribution is 2.23. The molecule has 3 N–H and O–H groups in total. The zero-order chi connectivity index (χ0) is 18.2. The van der Waals surface area contributed by atoms with Gasteiger partial charge in [0.2, 0.25) is 0 Å². The minimum Gasteiger partial charge on any atom is -0.396 e. The predicted molar refractivity (Wildman–Crippen MR) is 104 cm³/mol. The van der Waals surface area contributed by atoms with Gasteiger partial charge < -0.3 is 10.4 Å². The molecule has 3 aromatic rings. The predicted octanol–water partition coefficient (Wildman–Crippen LogP) is 3.97. The molecule has 2 aromatic heterocycles. The lowest BCUT2D eigenvalue weighted by Crippen LogP contribution is -2.22. The number of halogens is 1. The van der Waals surface area contributed by atoms with Gasteiger partial charge in [0.1, 0.15) is 12.1 Å². The molecule has 0 atom stereocenters. The van der Waals surface area contributed by atoms with Crippen molar-refractivity contribution in [2.75, 3.05) is 11.9 Å². The van der Waals surface area contributed by atoms with E-state index in [9.17, 15) is 0 Å². The van der Waals surface area contributed by atoms with Gasteiger partial charge in [0.05, 0.1) is 11.6 Å². The minimum absolute atomic E-state index is 0.156. The lowest BCUT2D eigenvalue weighted by atomic mass is 9.95. The zero-order valence-corrected chi connectivity index (χ0v) is 15.4. The van der Waals surface area contributed by atoms with E-state index in [2.05, 4.69) is 25.5 Å². The fourth-order valence-corrected chi connectivity index (χ4v) is 3.37. The van der Waals surface area contributed by atoms with E-state index < -0.39 is 0 Å². The summed E-state index contributed by atoms with van der Waals surface area (Å²) in [5.74, 6) is 0.908. The van der Waals surface area contributed by atoms with Crippen LogP contribution in [0, 0.1) is 0 Å². The maximum atomic E-state index is 8.59. The number of rotatable bonds is 4. The number of hydrogen-bond acceptors (Lipinski definition) is 5. The second kappa shape index (κ2) is 9.50. The summed E-state index contributed by atoms with van der Waals surface area (Å²) in [6, 6.07) is 8.09. The van der Waals surface area contributed by atoms with Crippen molar-refractivity contribution in [1.29, 1.82) is 0 Å². The highest BCUT2D eigenvalue weighted by Gasteiger charge is 2.15. The number of fused-ring (bicyclic) bond motifs is 1. The summed E-state index contributed by atoms with van der Waals surface area (Å²) in [5.41, 5.74) is 1.81. The number of aliphatic hydroxyl groups is 1. The summed E-state index contributed by atoms with van der Waals surface area (Å²) in [7, 11) is 0. The fraction of sp³-hybridized carbons (Fsp3) is 0.421. The van der Waals surface area contributed by atoms with E-state index in [1.807, 2.05) is 24.3 Å². The summed E-state index contributed by atoms with van der Waals surface area (Å²) >= 11 is 5.79. The topological polar surface area (TPSA) is 86.7 Å². The van der Waals surface area contributed by atoms with E-state index in [0.717, 1.165) is 27.4 Å². The SMILES string of the molecule is OCCc1ccccc1Cl.c1nc(NC2CCCCC2)c2cn[nH]c2n1. The number of nitrogens with one attached hydrogen (secondary N) is 2. The monoisotopic (exact) mass is 373 g/mol. The Balaban J connectivity index is 0.000000170. The molecule has 2 heterocycles. The lowest BCUT2D eigenvalue weighted by Gasteiger charge is -2.23. The highest BCUT2D eigenvalue weighted by molar-refractivity contribution is 6.31. The molecule has 0 spiro atoms. The Morgan fingerprint density at radius 2 is 1.96 bits per heavy atom. The maximum absolute atomic E-state index is 8.59. The summed E-state index contributed by atoms with van der Waals surface area (Å²) in [5, 5.41) is 20.6. The number of hydrogen-bond donors (Lipinski definition) is 3. The van der Waals surface area contributed by atoms with Crippen LogP contribution in [0.5, 0.6) is 0 Å². The first-order chi connectivity index (χ1) is 12.8. The lowest BCUT2D eigenvalue weighted by molar-refractivity contribution is 0.299. The van der Waals surface area contributed by atoms with Crippen LogP contribution in [-0.2, 0) is 6.42 Å². The largest absolute Gasteiger partial charge is 0.396 e. The van der Waals surface area contributed by atoms with Crippen LogP contribution in [0.25, 0.3) is 11.0 Å². The Morgan fingerprint density at radius 1 is 1.15 bits per heavy atom. The number of benzene rings is 1. The smallest absolute Gasteiger partial charge is 0.160 e. The van der Waals surface area contributed by atoms with Crippen molar-refractivity contribution >= 4 is 28.5 Å². The van der Waals surface area contributed by atoms with Crippen LogP contribution >= 0.6 is 11.6 Å². The molecule has 0 bridgehead atoms. The van der Waals surface area contributed by atoms with Crippen LogP contribution in [0.15, 0.2) is 36.8 Å². The van der Waals surface area contributed by atoms with Gasteiger partial charge in [0.15, 0.2) is 5.65 Å². The summed E-state index contributed by atoms with van der Waals surface area (Å²) < 4.78 is 0. The number of aromatic amines is 1. The van der Waals surface area contributed by atoms with E-state index in [1.54, 1.807) is 12.5 Å². The molecule has 0 saturated heterocycles. The first-order valence-corrected chi connectivity index (χ1v) is 9.40. The van der Waals surface area contributed by atoms with Crippen LogP contribution in [0.2, 0.25) is 5.02 Å². The number of nitrogens with zero attached hydrogens (tertiary/aromatic N) is 3. The van der Waals surface area contributed by atoms with Crippen molar-refractivity contribution in [3.63, 3.8) is 0 Å². The third-order valence-corrected chi connectivity index (χ3v) is 4.90. The van der Waals surface area contributed by atoms with Crippen LogP contribution in [0.3, 0.4) is 0 Å². The van der Waals surface area contributed by atoms with Gasteiger partial charge in [-0.2, -0.15) is 5.10 Å². The Kier molecular flexibility index (Phi) is 6.80. The van der Waals surface area contributed by atoms with Gasteiger partial charge in [-0.3, -0.25) is 5.10 Å². The second-order valence-electron chi connectivity index (χ2n) is 6.40. The van der Waals surface area contributed by atoms with Crippen LogP contribution < -0.4 is 5.32 Å². The van der Waals surface area contributed by atoms with Crippen LogP contribution in [0.4, 0.5) is 5.82 Å². The molecule has 1 fully saturated rings. The first-order valence-electron chi connectivity index (χ1n) is 9.03. The molecule has 0 amide bonds. The zero-order valence-electron chi connectivity index (χ0n) is 14.7. The molecule has 0 radical (unpaired) electrons. The van der Waals surface area contributed by atoms with Gasteiger partial charge in [-0.25, -0.2) is 9.97 Å². The molecular weight excluding hydrogens is 350 g/mol. The molecule has 0 aliphatic heterocycles. The Morgan fingerprint density at radius 3 is 2.73 bits per heavy atom. The summed E-state index contributed by atoms with van der Waals surface area (Å²) in [6.45, 7) is 0.156. The van der Waals surface area contributed by atoms with Crippen molar-refractivity contribution in [3.8, 4) is 0 Å². The van der Waals surface area contributed by atoms with Gasteiger partial charge in [-0.1, -0.05) is 49.1 Å². The molecule has 6 nitrogen and oxygen atoms in total. The van der Waals surface area contributed by atoms with Crippen LogP contribution in [0.1, 0.15) is 37.7 Å². The van der Waals surface area contributed by atoms with Gasteiger partial charge >= 0.3 is 0 Å². The van der Waals surface area contributed by atoms with Crippen molar-refractivity contribution < 1.29 is 5.11 Å². The maximum Gasteiger partial charge on any atom is 0.160 e. The third kappa shape index (κ3) is 4.93. The van der Waals surface area contributed by atoms with Gasteiger partial charge in [0.25, 0.3) is 0 Å². The Labute approximate surface area is 158 Å². The molecule has 1 aromatic carbocycles. The van der Waals surface area contributed by atoms with Crippen molar-refractivity contribution in [2.24, 2.45) is 0 Å². The standard InChI is InChI=1S/C11H15N5.C8H9ClO/c1-2-4-8(5-3-1)15-10-9-6-14-16-11(9)13-7-12-10;9-8-4-2-1-3-7(8)5-6-10/h6-8H,1-5H2,(H2,12,13,14,15,16);1-4,10H,5-6H2. The number of H-pyrrole nitrogens is 1. The molecule has 26 heavy (non-hydrogen) atoms. The Bertz CT molecular complexity index is 816. The minimum atomic E-state index is 0.156. The molecule has 138 valence electrons. The average molecular weight is 374 g/mol. The highest BCUT2D eigenvalue weighted by atomic mass is 35.5. The average Bonchev–Trinajstić information content (AvgIpc) is 3.15. The molecule has 0 unspecified atom stereocenters. The quantitative estimate of drug-likeness (QED) is 0.644. The molecule has 7 heteroatoms. The third-order valence-electron chi connectivity index (χ3n) is 4.53. The molecule has 1 saturated carbocycles. The second-order valence-corrected chi connectivity index (χ2v) is 6.81. The van der Waals surface area contributed by atoms with Gasteiger partial charge in [0, 0.05) is 17.7 Å². The van der Waals surface area contributed by atoms with E-state index in [0.29, 0.717) is 12.5 Å². The van der Waals surface area contributed by atoms with E-state index in [1.165, 1.54) is 32.1 Å². The fourth-order valence-electron chi connectivity index (χ4n) is 3.14. The summed E-state index contributed by atoms with van der Waals surface area (Å²) in [4.78, 5) is 8.42. The number of aliphatic hydroxyl groups excluding tert-OH is 1. The Hall–Kier alpha value is -2.18. The normalized spacial score (nSPS) is 14.7. The number of anilines is 1. The van der Waals surface area contributed by atoms with Gasteiger partial charge in [-0.05, 0) is 30.9 Å². The van der Waals surface area contributed by atoms with Crippen molar-refractivity contribution in [3.05, 3.63) is 47.4 Å². The molecule has 1 aliphatic carbocycles. The van der Waals surface area contributed by atoms with Gasteiger partial charge in [-0.15, -0.1) is 0 Å². The number of aromatic nitrogens is 4. The first kappa shape index (κ1) is 18.6. The molecule has 4 rings (SSSR count). The van der Waals surface area contributed by atoms with Crippen molar-refractivity contribution in [1.82, 2.24) is 20.2 Å². The van der Waals surface area contributed by atoms with Crippen LogP contribution in [-0.4, -0.2) is 37.9 Å². The van der Waals surface area contributed by atoms with E-state index >= 15 is 0 Å². The van der Waals surface area contributed by atoms with Crippen molar-refractivity contribution in [2.45, 2.75) is 44.6 Å². The molecule has 1 aliphatic rings. The molecular formula is C19H24ClN5O. The van der Waals surface area contributed by atoms with E-state index in [4.69, 9.17) is 16.7 Å². The van der Waals surface area contributed by atoms with E-state index in [-0.39, 0.29) is 6.61 Å².